The maximum atomic E-state index is 12.9. The third-order valence-electron chi connectivity index (χ3n) is 7.01. The highest BCUT2D eigenvalue weighted by Gasteiger charge is 2.46. The van der Waals surface area contributed by atoms with E-state index in [0.29, 0.717) is 18.2 Å². The summed E-state index contributed by atoms with van der Waals surface area (Å²) in [5.74, 6) is 1.04. The Morgan fingerprint density at radius 2 is 1.79 bits per heavy atom. The van der Waals surface area contributed by atoms with Crippen molar-refractivity contribution in [1.29, 1.82) is 0 Å². The second-order valence-electron chi connectivity index (χ2n) is 8.64. The Balaban J connectivity index is 0.00000192. The van der Waals surface area contributed by atoms with Gasteiger partial charge in [-0.2, -0.15) is 0 Å². The second-order valence-corrected chi connectivity index (χ2v) is 8.64. The van der Waals surface area contributed by atoms with E-state index < -0.39 is 0 Å². The summed E-state index contributed by atoms with van der Waals surface area (Å²) < 4.78 is 0. The van der Waals surface area contributed by atoms with Gasteiger partial charge >= 0.3 is 0 Å². The van der Waals surface area contributed by atoms with Gasteiger partial charge in [0.1, 0.15) is 0 Å². The van der Waals surface area contributed by atoms with Crippen LogP contribution in [0.3, 0.4) is 0 Å². The molecule has 2 saturated carbocycles. The molecule has 1 aromatic carbocycles. The summed E-state index contributed by atoms with van der Waals surface area (Å²) >= 11 is 0. The molecule has 2 atom stereocenters. The molecule has 4 aliphatic rings. The fourth-order valence-electron chi connectivity index (χ4n) is 4.97. The molecule has 28 heavy (non-hydrogen) atoms. The highest BCUT2D eigenvalue weighted by Crippen LogP contribution is 2.49. The topological polar surface area (TPSA) is 43.9 Å². The molecule has 1 aromatic rings. The van der Waals surface area contributed by atoms with Crippen molar-refractivity contribution < 1.29 is 9.59 Å². The number of piperazine rings is 1. The van der Waals surface area contributed by atoms with Crippen LogP contribution in [0, 0.1) is 5.92 Å². The summed E-state index contributed by atoms with van der Waals surface area (Å²) in [6, 6.07) is 9.10. The number of nitrogens with zero attached hydrogens (tertiary/aromatic N) is 3. The number of hydrogen-bond donors (Lipinski definition) is 0. The summed E-state index contributed by atoms with van der Waals surface area (Å²) in [5, 5.41) is 0. The Kier molecular flexibility index (Phi) is 5.46. The molecule has 0 aromatic heterocycles. The van der Waals surface area contributed by atoms with Gasteiger partial charge in [0.25, 0.3) is 0 Å². The predicted octanol–water partition coefficient (Wildman–Crippen LogP) is 3.25. The molecular weight excluding hydrogens is 350 g/mol. The van der Waals surface area contributed by atoms with E-state index in [-0.39, 0.29) is 19.3 Å². The second kappa shape index (κ2) is 7.86. The zero-order valence-electron chi connectivity index (χ0n) is 16.0. The lowest BCUT2D eigenvalue weighted by molar-refractivity contribution is -0.135. The normalized spacial score (nSPS) is 28.1. The third-order valence-corrected chi connectivity index (χ3v) is 7.01. The molecule has 5 nitrogen and oxygen atoms in total. The Morgan fingerprint density at radius 1 is 1.00 bits per heavy atom. The van der Waals surface area contributed by atoms with Gasteiger partial charge in [-0.1, -0.05) is 26.0 Å². The van der Waals surface area contributed by atoms with Crippen LogP contribution < -0.4 is 4.90 Å². The smallest absolute Gasteiger partial charge is 0.227 e. The zero-order valence-corrected chi connectivity index (χ0v) is 16.0. The van der Waals surface area contributed by atoms with Gasteiger partial charge in [-0.05, 0) is 49.3 Å². The van der Waals surface area contributed by atoms with Crippen LogP contribution in [0.15, 0.2) is 24.3 Å². The average molecular weight is 384 g/mol. The largest absolute Gasteiger partial charge is 0.340 e. The van der Waals surface area contributed by atoms with Gasteiger partial charge in [0.15, 0.2) is 0 Å². The average Bonchev–Trinajstić information content (AvgIpc) is 3.34. The lowest BCUT2D eigenvalue weighted by Gasteiger charge is -2.43. The standard InChI is InChI=1S/C22H29N3O2.CH4/c26-21-8-3-9-25(21)18-7-1-4-16(14-18)19-15-20(19)22(27)24-12-10-23(11-13-24)17-5-2-6-17;/h1,4,7,14,17,19-20H,2-3,5-6,8-13,15H2;1H4/t19?,20-;/m0./s1. The molecule has 0 bridgehead atoms. The molecule has 5 heteroatoms. The fraction of sp³-hybridized carbons (Fsp3) is 0.652. The van der Waals surface area contributed by atoms with E-state index in [9.17, 15) is 9.59 Å². The lowest BCUT2D eigenvalue weighted by atomic mass is 9.91. The van der Waals surface area contributed by atoms with E-state index in [1.54, 1.807) is 0 Å². The number of carbonyl (C=O) groups is 2. The van der Waals surface area contributed by atoms with Crippen molar-refractivity contribution in [2.45, 2.75) is 57.9 Å². The monoisotopic (exact) mass is 383 g/mol. The van der Waals surface area contributed by atoms with Crippen LogP contribution in [0.4, 0.5) is 5.69 Å². The van der Waals surface area contributed by atoms with Gasteiger partial charge < -0.3 is 9.80 Å². The Hall–Kier alpha value is -1.88. The maximum Gasteiger partial charge on any atom is 0.227 e. The highest BCUT2D eigenvalue weighted by atomic mass is 16.2. The van der Waals surface area contributed by atoms with Crippen molar-refractivity contribution in [3.63, 3.8) is 0 Å². The van der Waals surface area contributed by atoms with Gasteiger partial charge in [0, 0.05) is 56.8 Å². The first kappa shape index (κ1) is 19.4. The van der Waals surface area contributed by atoms with Crippen molar-refractivity contribution >= 4 is 17.5 Å². The molecular formula is C23H33N3O2. The van der Waals surface area contributed by atoms with E-state index in [1.807, 2.05) is 17.0 Å². The molecule has 0 radical (unpaired) electrons. The maximum absolute atomic E-state index is 12.9. The van der Waals surface area contributed by atoms with Crippen LogP contribution in [-0.2, 0) is 9.59 Å². The molecule has 2 heterocycles. The minimum atomic E-state index is 0. The van der Waals surface area contributed by atoms with Crippen molar-refractivity contribution in [2.24, 2.45) is 5.92 Å². The molecule has 1 unspecified atom stereocenters. The zero-order chi connectivity index (χ0) is 18.4. The first-order valence-electron chi connectivity index (χ1n) is 10.6. The van der Waals surface area contributed by atoms with Gasteiger partial charge in [-0.25, -0.2) is 0 Å². The summed E-state index contributed by atoms with van der Waals surface area (Å²) in [7, 11) is 0. The molecule has 152 valence electrons. The van der Waals surface area contributed by atoms with E-state index in [4.69, 9.17) is 0 Å². The number of hydrogen-bond acceptors (Lipinski definition) is 3. The van der Waals surface area contributed by atoms with Gasteiger partial charge in [-0.3, -0.25) is 14.5 Å². The number of benzene rings is 1. The predicted molar refractivity (Wildman–Crippen MR) is 111 cm³/mol. The number of amides is 2. The van der Waals surface area contributed by atoms with E-state index in [0.717, 1.165) is 57.3 Å². The molecule has 2 aliphatic heterocycles. The molecule has 0 N–H and O–H groups in total. The minimum Gasteiger partial charge on any atom is -0.340 e. The van der Waals surface area contributed by atoms with Crippen molar-refractivity contribution in [3.05, 3.63) is 29.8 Å². The Bertz CT molecular complexity index is 737. The third kappa shape index (κ3) is 3.57. The summed E-state index contributed by atoms with van der Waals surface area (Å²) in [6.45, 7) is 4.68. The molecule has 2 amide bonds. The number of carbonyl (C=O) groups excluding carboxylic acids is 2. The summed E-state index contributed by atoms with van der Waals surface area (Å²) in [4.78, 5) is 31.5. The van der Waals surface area contributed by atoms with E-state index in [2.05, 4.69) is 21.9 Å². The van der Waals surface area contributed by atoms with Crippen molar-refractivity contribution in [3.8, 4) is 0 Å². The lowest BCUT2D eigenvalue weighted by Crippen LogP contribution is -2.53. The fourth-order valence-corrected chi connectivity index (χ4v) is 4.97. The van der Waals surface area contributed by atoms with E-state index in [1.165, 1.54) is 24.8 Å². The van der Waals surface area contributed by atoms with E-state index >= 15 is 0 Å². The highest BCUT2D eigenvalue weighted by molar-refractivity contribution is 5.95. The van der Waals surface area contributed by atoms with Crippen LogP contribution in [0.2, 0.25) is 0 Å². The van der Waals surface area contributed by atoms with Crippen LogP contribution in [0.25, 0.3) is 0 Å². The molecule has 4 fully saturated rings. The van der Waals surface area contributed by atoms with Gasteiger partial charge in [0.05, 0.1) is 0 Å². The van der Waals surface area contributed by atoms with Gasteiger partial charge in [-0.15, -0.1) is 0 Å². The quantitative estimate of drug-likeness (QED) is 0.802. The Labute approximate surface area is 168 Å². The molecule has 0 spiro atoms. The minimum absolute atomic E-state index is 0. The summed E-state index contributed by atoms with van der Waals surface area (Å²) in [6.07, 6.45) is 6.61. The SMILES string of the molecule is C.O=C([C@H]1CC1c1cccc(N2CCCC2=O)c1)N1CCN(C2CCC2)CC1. The molecule has 5 rings (SSSR count). The van der Waals surface area contributed by atoms with Crippen LogP contribution >= 0.6 is 0 Å². The van der Waals surface area contributed by atoms with Crippen molar-refractivity contribution in [1.82, 2.24) is 9.80 Å². The van der Waals surface area contributed by atoms with Gasteiger partial charge in [0.2, 0.25) is 11.8 Å². The first-order chi connectivity index (χ1) is 13.2. The molecule has 2 aliphatic carbocycles. The number of anilines is 1. The van der Waals surface area contributed by atoms with Crippen molar-refractivity contribution in [2.75, 3.05) is 37.6 Å². The Morgan fingerprint density at radius 3 is 2.43 bits per heavy atom. The number of rotatable bonds is 4. The van der Waals surface area contributed by atoms with Crippen LogP contribution in [0.1, 0.15) is 57.4 Å². The summed E-state index contributed by atoms with van der Waals surface area (Å²) in [5.41, 5.74) is 2.22. The van der Waals surface area contributed by atoms with Crippen LogP contribution in [0.5, 0.6) is 0 Å². The first-order valence-corrected chi connectivity index (χ1v) is 10.6. The van der Waals surface area contributed by atoms with Crippen LogP contribution in [-0.4, -0.2) is 60.4 Å². The molecule has 2 saturated heterocycles.